The van der Waals surface area contributed by atoms with Gasteiger partial charge in [-0.3, -0.25) is 0 Å². The molecule has 2 fully saturated rings. The molecule has 0 spiro atoms. The third-order valence-electron chi connectivity index (χ3n) is 5.11. The molecule has 4 atom stereocenters. The molecular weight excluding hydrogens is 291 g/mol. The Balaban J connectivity index is 1.70. The maximum atomic E-state index is 12.4. The molecule has 2 bridgehead atoms. The Hall–Kier alpha value is -1.23. The van der Waals surface area contributed by atoms with Crippen molar-refractivity contribution >= 4 is 5.69 Å². The number of rotatable bonds is 4. The summed E-state index contributed by atoms with van der Waals surface area (Å²) >= 11 is 0. The molecule has 2 aliphatic rings. The lowest BCUT2D eigenvalue weighted by Gasteiger charge is -2.23. The number of anilines is 1. The molecule has 2 aliphatic carbocycles. The Bertz CT molecular complexity index is 512. The van der Waals surface area contributed by atoms with Gasteiger partial charge in [0, 0.05) is 19.8 Å². The largest absolute Gasteiger partial charge is 0.411 e. The fourth-order valence-electron chi connectivity index (χ4n) is 4.18. The van der Waals surface area contributed by atoms with Gasteiger partial charge in [-0.05, 0) is 54.7 Å². The standard InChI is InChI=1S/C17H22F3NO/c1-21(2)13-6-3-11(4-7-13)16-12-5-8-14(16)15(9-12)22-10-17(18,19)20/h3-4,6-7,12,14-16H,5,8-10H2,1-2H3/t12-,14+,15-,16-/m1/s1. The number of halogens is 3. The molecule has 122 valence electrons. The summed E-state index contributed by atoms with van der Waals surface area (Å²) in [6.07, 6.45) is -1.62. The van der Waals surface area contributed by atoms with Crippen LogP contribution in [0.15, 0.2) is 24.3 Å². The first-order chi connectivity index (χ1) is 10.3. The Morgan fingerprint density at radius 2 is 1.82 bits per heavy atom. The number of nitrogens with zero attached hydrogens (tertiary/aromatic N) is 1. The molecule has 0 unspecified atom stereocenters. The van der Waals surface area contributed by atoms with Crippen LogP contribution in [0.25, 0.3) is 0 Å². The van der Waals surface area contributed by atoms with Crippen molar-refractivity contribution < 1.29 is 17.9 Å². The van der Waals surface area contributed by atoms with Crippen LogP contribution < -0.4 is 4.90 Å². The summed E-state index contributed by atoms with van der Waals surface area (Å²) in [4.78, 5) is 2.04. The second-order valence-corrected chi connectivity index (χ2v) is 6.71. The van der Waals surface area contributed by atoms with Crippen LogP contribution in [0.4, 0.5) is 18.9 Å². The molecule has 0 saturated heterocycles. The molecule has 0 aliphatic heterocycles. The van der Waals surface area contributed by atoms with Gasteiger partial charge < -0.3 is 9.64 Å². The Kier molecular flexibility index (Phi) is 4.10. The van der Waals surface area contributed by atoms with Crippen LogP contribution in [0, 0.1) is 11.8 Å². The minimum Gasteiger partial charge on any atom is -0.378 e. The average molecular weight is 313 g/mol. The van der Waals surface area contributed by atoms with E-state index in [4.69, 9.17) is 4.74 Å². The number of alkyl halides is 3. The van der Waals surface area contributed by atoms with Crippen molar-refractivity contribution in [3.8, 4) is 0 Å². The van der Waals surface area contributed by atoms with Gasteiger partial charge in [-0.25, -0.2) is 0 Å². The van der Waals surface area contributed by atoms with Gasteiger partial charge in [-0.1, -0.05) is 12.1 Å². The third-order valence-corrected chi connectivity index (χ3v) is 5.11. The summed E-state index contributed by atoms with van der Waals surface area (Å²) in [5.41, 5.74) is 2.38. The number of hydrogen-bond acceptors (Lipinski definition) is 2. The van der Waals surface area contributed by atoms with Crippen LogP contribution in [-0.4, -0.2) is 33.0 Å². The Labute approximate surface area is 129 Å². The van der Waals surface area contributed by atoms with Gasteiger partial charge in [-0.15, -0.1) is 0 Å². The minimum atomic E-state index is -4.23. The van der Waals surface area contributed by atoms with Gasteiger partial charge in [0.1, 0.15) is 6.61 Å². The highest BCUT2D eigenvalue weighted by atomic mass is 19.4. The summed E-state index contributed by atoms with van der Waals surface area (Å²) in [5, 5.41) is 0. The van der Waals surface area contributed by atoms with E-state index in [2.05, 4.69) is 24.3 Å². The summed E-state index contributed by atoms with van der Waals surface area (Å²) in [6, 6.07) is 8.41. The maximum absolute atomic E-state index is 12.4. The van der Waals surface area contributed by atoms with E-state index in [1.54, 1.807) is 0 Å². The van der Waals surface area contributed by atoms with Crippen LogP contribution in [0.3, 0.4) is 0 Å². The molecule has 1 aromatic carbocycles. The first-order valence-corrected chi connectivity index (χ1v) is 7.81. The van der Waals surface area contributed by atoms with E-state index in [1.165, 1.54) is 5.56 Å². The first kappa shape index (κ1) is 15.7. The molecule has 2 saturated carbocycles. The molecule has 3 rings (SSSR count). The summed E-state index contributed by atoms with van der Waals surface area (Å²) in [6.45, 7) is -1.12. The molecule has 0 radical (unpaired) electrons. The van der Waals surface area contributed by atoms with Crippen LogP contribution in [0.2, 0.25) is 0 Å². The highest BCUT2D eigenvalue weighted by Gasteiger charge is 2.49. The summed E-state index contributed by atoms with van der Waals surface area (Å²) in [5.74, 6) is 1.06. The number of ether oxygens (including phenoxy) is 1. The fraction of sp³-hybridized carbons (Fsp3) is 0.647. The summed E-state index contributed by atoms with van der Waals surface area (Å²) < 4.78 is 42.3. The third kappa shape index (κ3) is 3.09. The second kappa shape index (κ2) is 5.76. The van der Waals surface area contributed by atoms with Gasteiger partial charge in [0.15, 0.2) is 0 Å². The molecule has 1 aromatic rings. The zero-order valence-electron chi connectivity index (χ0n) is 12.9. The second-order valence-electron chi connectivity index (χ2n) is 6.71. The van der Waals surface area contributed by atoms with Gasteiger partial charge in [0.25, 0.3) is 0 Å². The van der Waals surface area contributed by atoms with Crippen molar-refractivity contribution in [1.82, 2.24) is 0 Å². The molecular formula is C17H22F3NO. The molecule has 0 amide bonds. The van der Waals surface area contributed by atoms with Crippen molar-refractivity contribution in [2.45, 2.75) is 37.5 Å². The van der Waals surface area contributed by atoms with Crippen LogP contribution in [0.1, 0.15) is 30.7 Å². The van der Waals surface area contributed by atoms with Crippen molar-refractivity contribution in [1.29, 1.82) is 0 Å². The quantitative estimate of drug-likeness (QED) is 0.825. The first-order valence-electron chi connectivity index (χ1n) is 7.81. The summed E-state index contributed by atoms with van der Waals surface area (Å²) in [7, 11) is 3.99. The minimum absolute atomic E-state index is 0.234. The predicted octanol–water partition coefficient (Wildman–Crippen LogP) is 4.21. The van der Waals surface area contributed by atoms with Crippen LogP contribution >= 0.6 is 0 Å². The molecule has 22 heavy (non-hydrogen) atoms. The lowest BCUT2D eigenvalue weighted by Crippen LogP contribution is -2.27. The molecule has 0 N–H and O–H groups in total. The monoisotopic (exact) mass is 313 g/mol. The van der Waals surface area contributed by atoms with Gasteiger partial charge in [0.2, 0.25) is 0 Å². The van der Waals surface area contributed by atoms with Crippen LogP contribution in [0.5, 0.6) is 0 Å². The lowest BCUT2D eigenvalue weighted by molar-refractivity contribution is -0.189. The SMILES string of the molecule is CN(C)c1ccc([C@@H]2[C@@H]3CC[C@H]2[C@H](OCC(F)(F)F)C3)cc1. The Morgan fingerprint density at radius 3 is 2.41 bits per heavy atom. The molecule has 5 heteroatoms. The number of fused-ring (bicyclic) bond motifs is 2. The van der Waals surface area contributed by atoms with Gasteiger partial charge in [0.05, 0.1) is 6.10 Å². The van der Waals surface area contributed by atoms with Crippen molar-refractivity contribution in [3.05, 3.63) is 29.8 Å². The predicted molar refractivity (Wildman–Crippen MR) is 80.1 cm³/mol. The van der Waals surface area contributed by atoms with E-state index in [9.17, 15) is 13.2 Å². The fourth-order valence-corrected chi connectivity index (χ4v) is 4.18. The topological polar surface area (TPSA) is 12.5 Å². The van der Waals surface area contributed by atoms with Crippen molar-refractivity contribution in [3.63, 3.8) is 0 Å². The van der Waals surface area contributed by atoms with Gasteiger partial charge in [-0.2, -0.15) is 13.2 Å². The van der Waals surface area contributed by atoms with E-state index in [0.29, 0.717) is 11.8 Å². The average Bonchev–Trinajstić information content (AvgIpc) is 3.02. The van der Waals surface area contributed by atoms with E-state index < -0.39 is 12.8 Å². The van der Waals surface area contributed by atoms with Crippen molar-refractivity contribution in [2.24, 2.45) is 11.8 Å². The van der Waals surface area contributed by atoms with Crippen molar-refractivity contribution in [2.75, 3.05) is 25.6 Å². The Morgan fingerprint density at radius 1 is 1.14 bits per heavy atom. The smallest absolute Gasteiger partial charge is 0.378 e. The molecule has 0 heterocycles. The maximum Gasteiger partial charge on any atom is 0.411 e. The lowest BCUT2D eigenvalue weighted by atomic mass is 9.89. The normalized spacial score (nSPS) is 30.8. The zero-order valence-corrected chi connectivity index (χ0v) is 12.9. The van der Waals surface area contributed by atoms with E-state index in [-0.39, 0.29) is 12.0 Å². The highest BCUT2D eigenvalue weighted by Crippen LogP contribution is 2.55. The number of hydrogen-bond donors (Lipinski definition) is 0. The molecule has 2 nitrogen and oxygen atoms in total. The van der Waals surface area contributed by atoms with Crippen LogP contribution in [-0.2, 0) is 4.74 Å². The zero-order chi connectivity index (χ0) is 15.9. The van der Waals surface area contributed by atoms with E-state index in [0.717, 1.165) is 24.9 Å². The van der Waals surface area contributed by atoms with E-state index in [1.807, 2.05) is 19.0 Å². The highest BCUT2D eigenvalue weighted by molar-refractivity contribution is 5.47. The number of benzene rings is 1. The van der Waals surface area contributed by atoms with E-state index >= 15 is 0 Å². The molecule has 0 aromatic heterocycles. The van der Waals surface area contributed by atoms with Gasteiger partial charge >= 0.3 is 6.18 Å².